The van der Waals surface area contributed by atoms with Crippen molar-refractivity contribution in [3.63, 3.8) is 0 Å². The van der Waals surface area contributed by atoms with Crippen LogP contribution in [-0.2, 0) is 0 Å². The lowest BCUT2D eigenvalue weighted by Crippen LogP contribution is -2.34. The van der Waals surface area contributed by atoms with Crippen LogP contribution in [0.5, 0.6) is 0 Å². The van der Waals surface area contributed by atoms with Gasteiger partial charge in [0.15, 0.2) is 0 Å². The van der Waals surface area contributed by atoms with E-state index in [4.69, 9.17) is 0 Å². The van der Waals surface area contributed by atoms with Crippen LogP contribution in [0.3, 0.4) is 0 Å². The summed E-state index contributed by atoms with van der Waals surface area (Å²) in [6.45, 7) is 12.4. The van der Waals surface area contributed by atoms with Gasteiger partial charge < -0.3 is 5.32 Å². The van der Waals surface area contributed by atoms with E-state index in [1.165, 1.54) is 6.42 Å². The molecule has 0 aromatic rings. The summed E-state index contributed by atoms with van der Waals surface area (Å²) in [4.78, 5) is 0. The van der Waals surface area contributed by atoms with Gasteiger partial charge >= 0.3 is 0 Å². The molecule has 0 aromatic heterocycles. The van der Waals surface area contributed by atoms with E-state index >= 15 is 0 Å². The summed E-state index contributed by atoms with van der Waals surface area (Å²) in [5, 5.41) is 4.98. The maximum Gasteiger partial charge on any atom is 0.0172 e. The van der Waals surface area contributed by atoms with E-state index in [-0.39, 0.29) is 0 Å². The molecule has 0 rings (SSSR count). The van der Waals surface area contributed by atoms with Gasteiger partial charge in [-0.05, 0) is 25.1 Å². The van der Waals surface area contributed by atoms with Gasteiger partial charge in [0, 0.05) is 11.3 Å². The van der Waals surface area contributed by atoms with Crippen LogP contribution < -0.4 is 5.32 Å². The molecule has 12 heavy (non-hydrogen) atoms. The lowest BCUT2D eigenvalue weighted by molar-refractivity contribution is 0.541. The lowest BCUT2D eigenvalue weighted by Gasteiger charge is -2.22. The summed E-state index contributed by atoms with van der Waals surface area (Å²) in [6.07, 6.45) is 1.23. The third kappa shape index (κ3) is 5.90. The normalized spacial score (nSPS) is 16.5. The zero-order valence-electron chi connectivity index (χ0n) is 9.05. The predicted octanol–water partition coefficient (Wildman–Crippen LogP) is 2.90. The highest BCUT2D eigenvalue weighted by Gasteiger charge is 2.12. The molecule has 2 heteroatoms. The summed E-state index contributed by atoms with van der Waals surface area (Å²) >= 11 is 2.05. The van der Waals surface area contributed by atoms with Crippen LogP contribution in [0.2, 0.25) is 0 Å². The van der Waals surface area contributed by atoms with Gasteiger partial charge in [-0.15, -0.1) is 0 Å². The molecule has 1 N–H and O–H groups in total. The summed E-state index contributed by atoms with van der Waals surface area (Å²) in [5.41, 5.74) is 0. The Labute approximate surface area is 81.7 Å². The van der Waals surface area contributed by atoms with Crippen molar-refractivity contribution in [2.24, 2.45) is 0 Å². The largest absolute Gasteiger partial charge is 0.313 e. The number of rotatable bonds is 6. The first kappa shape index (κ1) is 12.3. The van der Waals surface area contributed by atoms with Gasteiger partial charge in [0.25, 0.3) is 0 Å². The second-order valence-corrected chi connectivity index (χ2v) is 5.59. The van der Waals surface area contributed by atoms with E-state index in [1.807, 2.05) is 0 Å². The molecule has 0 radical (unpaired) electrons. The van der Waals surface area contributed by atoms with E-state index < -0.39 is 0 Å². The highest BCUT2D eigenvalue weighted by atomic mass is 32.2. The average Bonchev–Trinajstić information content (AvgIpc) is 1.98. The summed E-state index contributed by atoms with van der Waals surface area (Å²) in [7, 11) is 0. The van der Waals surface area contributed by atoms with Gasteiger partial charge in [-0.3, -0.25) is 0 Å². The van der Waals surface area contributed by atoms with Crippen molar-refractivity contribution in [3.05, 3.63) is 0 Å². The van der Waals surface area contributed by atoms with Crippen LogP contribution in [-0.4, -0.2) is 23.1 Å². The molecule has 0 fully saturated rings. The second kappa shape index (κ2) is 6.79. The monoisotopic (exact) mass is 189 g/mol. The van der Waals surface area contributed by atoms with E-state index in [9.17, 15) is 0 Å². The Kier molecular flexibility index (Phi) is 6.96. The molecule has 0 saturated heterocycles. The zero-order chi connectivity index (χ0) is 9.56. The van der Waals surface area contributed by atoms with Crippen molar-refractivity contribution in [1.82, 2.24) is 5.32 Å². The fourth-order valence-electron chi connectivity index (χ4n) is 1.09. The smallest absolute Gasteiger partial charge is 0.0172 e. The Morgan fingerprint density at radius 2 is 1.75 bits per heavy atom. The molecular formula is C10H23NS. The molecule has 2 unspecified atom stereocenters. The average molecular weight is 189 g/mol. The Balaban J connectivity index is 3.53. The fraction of sp³-hybridized carbons (Fsp3) is 1.00. The van der Waals surface area contributed by atoms with Crippen LogP contribution in [0.25, 0.3) is 0 Å². The first-order valence-electron chi connectivity index (χ1n) is 4.96. The molecular weight excluding hydrogens is 166 g/mol. The predicted molar refractivity (Wildman–Crippen MR) is 59.9 cm³/mol. The van der Waals surface area contributed by atoms with E-state index in [0.29, 0.717) is 6.04 Å². The first-order chi connectivity index (χ1) is 5.57. The van der Waals surface area contributed by atoms with E-state index in [1.54, 1.807) is 0 Å². The molecule has 0 bridgehead atoms. The highest BCUT2D eigenvalue weighted by molar-refractivity contribution is 8.00. The quantitative estimate of drug-likeness (QED) is 0.689. The maximum absolute atomic E-state index is 3.52. The second-order valence-electron chi connectivity index (χ2n) is 3.63. The van der Waals surface area contributed by atoms with Gasteiger partial charge in [-0.1, -0.05) is 27.7 Å². The minimum Gasteiger partial charge on any atom is -0.313 e. The Bertz CT molecular complexity index is 104. The van der Waals surface area contributed by atoms with Crippen molar-refractivity contribution < 1.29 is 0 Å². The minimum atomic E-state index is 0.636. The third-order valence-corrected chi connectivity index (χ3v) is 3.29. The highest BCUT2D eigenvalue weighted by Crippen LogP contribution is 2.19. The van der Waals surface area contributed by atoms with Gasteiger partial charge in [0.2, 0.25) is 0 Å². The number of nitrogens with one attached hydrogen (secondary N) is 1. The maximum atomic E-state index is 3.52. The summed E-state index contributed by atoms with van der Waals surface area (Å²) in [5.74, 6) is 0. The van der Waals surface area contributed by atoms with Crippen molar-refractivity contribution >= 4 is 11.8 Å². The van der Waals surface area contributed by atoms with Gasteiger partial charge in [0.1, 0.15) is 0 Å². The minimum absolute atomic E-state index is 0.636. The molecule has 0 amide bonds. The Hall–Kier alpha value is 0.310. The van der Waals surface area contributed by atoms with Crippen LogP contribution >= 0.6 is 11.8 Å². The lowest BCUT2D eigenvalue weighted by atomic mass is 10.2. The van der Waals surface area contributed by atoms with Crippen molar-refractivity contribution in [2.45, 2.75) is 57.6 Å². The third-order valence-electron chi connectivity index (χ3n) is 1.91. The molecule has 0 heterocycles. The van der Waals surface area contributed by atoms with Crippen molar-refractivity contribution in [3.8, 4) is 0 Å². The van der Waals surface area contributed by atoms with Gasteiger partial charge in [0.05, 0.1) is 0 Å². The van der Waals surface area contributed by atoms with Crippen molar-refractivity contribution in [2.75, 3.05) is 6.54 Å². The number of thioether (sulfide) groups is 1. The Morgan fingerprint density at radius 1 is 1.17 bits per heavy atom. The molecule has 0 aliphatic carbocycles. The zero-order valence-corrected chi connectivity index (χ0v) is 9.87. The molecule has 74 valence electrons. The number of hydrogen-bond donors (Lipinski definition) is 1. The van der Waals surface area contributed by atoms with Crippen LogP contribution in [0, 0.1) is 0 Å². The molecule has 0 spiro atoms. The van der Waals surface area contributed by atoms with Crippen LogP contribution in [0.1, 0.15) is 41.0 Å². The van der Waals surface area contributed by atoms with Crippen LogP contribution in [0.4, 0.5) is 0 Å². The molecule has 0 aliphatic heterocycles. The van der Waals surface area contributed by atoms with Crippen molar-refractivity contribution in [1.29, 1.82) is 0 Å². The molecule has 0 aromatic carbocycles. The number of hydrogen-bond acceptors (Lipinski definition) is 2. The summed E-state index contributed by atoms with van der Waals surface area (Å²) in [6, 6.07) is 0.636. The molecule has 0 saturated carbocycles. The topological polar surface area (TPSA) is 12.0 Å². The van der Waals surface area contributed by atoms with E-state index in [2.05, 4.69) is 51.7 Å². The SMILES string of the molecule is CCCNC(C)C(C)SC(C)C. The Morgan fingerprint density at radius 3 is 2.17 bits per heavy atom. The van der Waals surface area contributed by atoms with Gasteiger partial charge in [-0.2, -0.15) is 11.8 Å². The molecule has 1 nitrogen and oxygen atoms in total. The first-order valence-corrected chi connectivity index (χ1v) is 5.91. The standard InChI is InChI=1S/C10H23NS/c1-6-7-11-9(4)10(5)12-8(2)3/h8-11H,6-7H2,1-5H3. The van der Waals surface area contributed by atoms with E-state index in [0.717, 1.165) is 17.0 Å². The molecule has 0 aliphatic rings. The molecule has 2 atom stereocenters. The summed E-state index contributed by atoms with van der Waals surface area (Å²) < 4.78 is 0. The van der Waals surface area contributed by atoms with Crippen LogP contribution in [0.15, 0.2) is 0 Å². The van der Waals surface area contributed by atoms with Gasteiger partial charge in [-0.25, -0.2) is 0 Å². The fourth-order valence-corrected chi connectivity index (χ4v) is 2.28.